The second kappa shape index (κ2) is 8.32. The van der Waals surface area contributed by atoms with E-state index in [1.54, 1.807) is 0 Å². The summed E-state index contributed by atoms with van der Waals surface area (Å²) in [6.07, 6.45) is 3.20. The fourth-order valence-electron chi connectivity index (χ4n) is 3.16. The van der Waals surface area contributed by atoms with Crippen molar-refractivity contribution in [2.75, 3.05) is 19.6 Å². The fourth-order valence-corrected chi connectivity index (χ4v) is 3.46. The van der Waals surface area contributed by atoms with Crippen LogP contribution < -0.4 is 5.32 Å². The van der Waals surface area contributed by atoms with Gasteiger partial charge in [-0.05, 0) is 36.1 Å². The molecule has 1 heterocycles. The van der Waals surface area contributed by atoms with E-state index in [1.165, 1.54) is 11.1 Å². The first-order valence-electron chi connectivity index (χ1n) is 8.64. The predicted molar refractivity (Wildman–Crippen MR) is 103 cm³/mol. The summed E-state index contributed by atoms with van der Waals surface area (Å²) in [6, 6.07) is 18.0. The van der Waals surface area contributed by atoms with Crippen LogP contribution in [0.2, 0.25) is 5.02 Å². The Balaban J connectivity index is 1.53. The highest BCUT2D eigenvalue weighted by atomic mass is 35.5. The van der Waals surface area contributed by atoms with Crippen LogP contribution in [0.1, 0.15) is 30.5 Å². The molecule has 1 atom stereocenters. The van der Waals surface area contributed by atoms with Crippen LogP contribution in [0, 0.1) is 0 Å². The van der Waals surface area contributed by atoms with E-state index in [4.69, 9.17) is 11.6 Å². The maximum absolute atomic E-state index is 12.3. The molecule has 1 unspecified atom stereocenters. The summed E-state index contributed by atoms with van der Waals surface area (Å²) < 4.78 is 0. The molecule has 4 heteroatoms. The molecule has 0 radical (unpaired) electrons. The van der Waals surface area contributed by atoms with E-state index in [1.807, 2.05) is 37.3 Å². The van der Waals surface area contributed by atoms with Gasteiger partial charge >= 0.3 is 0 Å². The van der Waals surface area contributed by atoms with Crippen molar-refractivity contribution in [1.29, 1.82) is 0 Å². The predicted octanol–water partition coefficient (Wildman–Crippen LogP) is 4.31. The highest BCUT2D eigenvalue weighted by Gasteiger charge is 2.17. The van der Waals surface area contributed by atoms with Gasteiger partial charge in [0.05, 0.1) is 12.6 Å². The van der Waals surface area contributed by atoms with Crippen molar-refractivity contribution in [2.24, 2.45) is 0 Å². The minimum Gasteiger partial charge on any atom is -0.348 e. The molecule has 0 saturated heterocycles. The van der Waals surface area contributed by atoms with Crippen LogP contribution in [0.4, 0.5) is 0 Å². The maximum atomic E-state index is 12.3. The monoisotopic (exact) mass is 354 g/mol. The average Bonchev–Trinajstić information content (AvgIpc) is 2.63. The van der Waals surface area contributed by atoms with Gasteiger partial charge in [0.15, 0.2) is 0 Å². The molecule has 3 rings (SSSR count). The van der Waals surface area contributed by atoms with Crippen molar-refractivity contribution in [3.05, 3.63) is 76.8 Å². The SMILES string of the molecule is CC(NC(=O)CN1CC=C(c2ccccc2)CC1)c1ccccc1Cl. The summed E-state index contributed by atoms with van der Waals surface area (Å²) in [6.45, 7) is 4.07. The Morgan fingerprint density at radius 1 is 1.16 bits per heavy atom. The van der Waals surface area contributed by atoms with Gasteiger partial charge in [0.2, 0.25) is 5.91 Å². The second-order valence-corrected chi connectivity index (χ2v) is 6.80. The minimum absolute atomic E-state index is 0.0315. The molecule has 0 spiro atoms. The number of amides is 1. The zero-order valence-corrected chi connectivity index (χ0v) is 15.2. The molecule has 0 aromatic heterocycles. The number of carbonyl (C=O) groups excluding carboxylic acids is 1. The summed E-state index contributed by atoms with van der Waals surface area (Å²) in [5, 5.41) is 3.73. The normalized spacial score (nSPS) is 16.2. The molecule has 2 aromatic rings. The number of carbonyl (C=O) groups is 1. The Morgan fingerprint density at radius 2 is 1.88 bits per heavy atom. The molecule has 0 saturated carbocycles. The average molecular weight is 355 g/mol. The second-order valence-electron chi connectivity index (χ2n) is 6.39. The lowest BCUT2D eigenvalue weighted by Crippen LogP contribution is -2.40. The van der Waals surface area contributed by atoms with E-state index in [0.29, 0.717) is 11.6 Å². The lowest BCUT2D eigenvalue weighted by molar-refractivity contribution is -0.122. The van der Waals surface area contributed by atoms with Gasteiger partial charge < -0.3 is 5.32 Å². The molecule has 3 nitrogen and oxygen atoms in total. The van der Waals surface area contributed by atoms with Gasteiger partial charge in [-0.1, -0.05) is 66.2 Å². The van der Waals surface area contributed by atoms with Crippen LogP contribution in [-0.4, -0.2) is 30.4 Å². The highest BCUT2D eigenvalue weighted by Crippen LogP contribution is 2.23. The molecule has 0 fully saturated rings. The molecule has 0 bridgehead atoms. The number of halogens is 1. The lowest BCUT2D eigenvalue weighted by Gasteiger charge is -2.26. The van der Waals surface area contributed by atoms with Gasteiger partial charge in [-0.2, -0.15) is 0 Å². The Kier molecular flexibility index (Phi) is 5.90. The summed E-state index contributed by atoms with van der Waals surface area (Å²) in [5.41, 5.74) is 3.59. The summed E-state index contributed by atoms with van der Waals surface area (Å²) in [7, 11) is 0. The standard InChI is InChI=1S/C21H23ClN2O/c1-16(19-9-5-6-10-20(19)22)23-21(25)15-24-13-11-18(12-14-24)17-7-3-2-4-8-17/h2-11,16H,12-15H2,1H3,(H,23,25). The van der Waals surface area contributed by atoms with E-state index < -0.39 is 0 Å². The third-order valence-electron chi connectivity index (χ3n) is 4.55. The highest BCUT2D eigenvalue weighted by molar-refractivity contribution is 6.31. The smallest absolute Gasteiger partial charge is 0.234 e. The zero-order chi connectivity index (χ0) is 17.6. The van der Waals surface area contributed by atoms with Gasteiger partial charge in [-0.3, -0.25) is 9.69 Å². The number of hydrogen-bond donors (Lipinski definition) is 1. The third kappa shape index (κ3) is 4.71. The largest absolute Gasteiger partial charge is 0.348 e. The quantitative estimate of drug-likeness (QED) is 0.867. The molecular formula is C21H23ClN2O. The van der Waals surface area contributed by atoms with Crippen LogP contribution in [0.15, 0.2) is 60.7 Å². The molecule has 2 aromatic carbocycles. The first kappa shape index (κ1) is 17.7. The molecule has 1 N–H and O–H groups in total. The van der Waals surface area contributed by atoms with Gasteiger partial charge in [0.25, 0.3) is 0 Å². The van der Waals surface area contributed by atoms with Crippen LogP contribution in [-0.2, 0) is 4.79 Å². The van der Waals surface area contributed by atoms with Gasteiger partial charge in [0, 0.05) is 18.1 Å². The summed E-state index contributed by atoms with van der Waals surface area (Å²) >= 11 is 6.20. The number of rotatable bonds is 5. The molecule has 1 amide bonds. The van der Waals surface area contributed by atoms with E-state index in [9.17, 15) is 4.79 Å². The van der Waals surface area contributed by atoms with E-state index >= 15 is 0 Å². The molecule has 130 valence electrons. The van der Waals surface area contributed by atoms with Gasteiger partial charge in [0.1, 0.15) is 0 Å². The molecule has 1 aliphatic rings. The maximum Gasteiger partial charge on any atom is 0.234 e. The number of nitrogens with zero attached hydrogens (tertiary/aromatic N) is 1. The van der Waals surface area contributed by atoms with E-state index in [2.05, 4.69) is 40.6 Å². The van der Waals surface area contributed by atoms with Crippen molar-refractivity contribution in [1.82, 2.24) is 10.2 Å². The third-order valence-corrected chi connectivity index (χ3v) is 4.90. The first-order valence-corrected chi connectivity index (χ1v) is 9.02. The van der Waals surface area contributed by atoms with Crippen molar-refractivity contribution >= 4 is 23.1 Å². The molecule has 25 heavy (non-hydrogen) atoms. The number of nitrogens with one attached hydrogen (secondary N) is 1. The number of benzene rings is 2. The van der Waals surface area contributed by atoms with Crippen LogP contribution in [0.5, 0.6) is 0 Å². The molecular weight excluding hydrogens is 332 g/mol. The lowest BCUT2D eigenvalue weighted by atomic mass is 9.99. The van der Waals surface area contributed by atoms with Gasteiger partial charge in [-0.25, -0.2) is 0 Å². The van der Waals surface area contributed by atoms with Crippen molar-refractivity contribution < 1.29 is 4.79 Å². The molecule has 1 aliphatic heterocycles. The van der Waals surface area contributed by atoms with Crippen molar-refractivity contribution in [3.63, 3.8) is 0 Å². The first-order chi connectivity index (χ1) is 12.1. The van der Waals surface area contributed by atoms with Crippen LogP contribution >= 0.6 is 11.6 Å². The fraction of sp³-hybridized carbons (Fsp3) is 0.286. The zero-order valence-electron chi connectivity index (χ0n) is 14.4. The van der Waals surface area contributed by atoms with E-state index in [0.717, 1.165) is 25.1 Å². The Bertz CT molecular complexity index is 758. The Labute approximate surface area is 154 Å². The Hall–Kier alpha value is -2.10. The van der Waals surface area contributed by atoms with Crippen LogP contribution in [0.3, 0.4) is 0 Å². The van der Waals surface area contributed by atoms with E-state index in [-0.39, 0.29) is 11.9 Å². The minimum atomic E-state index is -0.0959. The topological polar surface area (TPSA) is 32.3 Å². The van der Waals surface area contributed by atoms with Crippen molar-refractivity contribution in [2.45, 2.75) is 19.4 Å². The van der Waals surface area contributed by atoms with Gasteiger partial charge in [-0.15, -0.1) is 0 Å². The summed E-state index contributed by atoms with van der Waals surface area (Å²) in [4.78, 5) is 14.5. The number of hydrogen-bond acceptors (Lipinski definition) is 2. The molecule has 0 aliphatic carbocycles. The Morgan fingerprint density at radius 3 is 2.56 bits per heavy atom. The van der Waals surface area contributed by atoms with Crippen LogP contribution in [0.25, 0.3) is 5.57 Å². The van der Waals surface area contributed by atoms with Crippen molar-refractivity contribution in [3.8, 4) is 0 Å². The summed E-state index contributed by atoms with van der Waals surface area (Å²) in [5.74, 6) is 0.0315.